The minimum atomic E-state index is -0.425. The van der Waals surface area contributed by atoms with Gasteiger partial charge in [0.2, 0.25) is 16.3 Å². The Morgan fingerprint density at radius 1 is 0.376 bits per heavy atom. The average Bonchev–Trinajstić information content (AvgIpc) is 3.67. The van der Waals surface area contributed by atoms with Gasteiger partial charge in [0.15, 0.2) is 34.3 Å². The van der Waals surface area contributed by atoms with E-state index in [0.29, 0.717) is 77.6 Å². The van der Waals surface area contributed by atoms with Crippen molar-refractivity contribution in [3.05, 3.63) is 228 Å². The summed E-state index contributed by atoms with van der Waals surface area (Å²) in [5.41, 5.74) is 2.94. The molecule has 4 amide bonds. The predicted molar refractivity (Wildman–Crippen MR) is 326 cm³/mol. The number of hydrogen-bond acceptors (Lipinski definition) is 13. The van der Waals surface area contributed by atoms with E-state index in [4.69, 9.17) is 28.4 Å². The van der Waals surface area contributed by atoms with E-state index in [2.05, 4.69) is 28.2 Å². The van der Waals surface area contributed by atoms with E-state index in [9.17, 15) is 33.6 Å². The second-order valence-electron chi connectivity index (χ2n) is 19.1. The number of ether oxygens (including phenoxy) is 6. The fourth-order valence-corrected chi connectivity index (χ4v) is 8.15. The van der Waals surface area contributed by atoms with E-state index in [1.54, 1.807) is 77.9 Å². The van der Waals surface area contributed by atoms with Crippen molar-refractivity contribution in [2.75, 3.05) is 67.3 Å². The fourth-order valence-electron chi connectivity index (χ4n) is 8.15. The van der Waals surface area contributed by atoms with Gasteiger partial charge in [-0.3, -0.25) is 33.6 Å². The number of unbranched alkanes of at least 4 members (excludes halogenated alkanes) is 1. The number of nitrogens with zero attached hydrogens (tertiary/aromatic N) is 3. The molecule has 3 heterocycles. The lowest BCUT2D eigenvalue weighted by Gasteiger charge is -2.17. The maximum atomic E-state index is 13.1. The molecule has 4 N–H and O–H groups in total. The van der Waals surface area contributed by atoms with Gasteiger partial charge in [-0.05, 0) is 48.1 Å². The minimum Gasteiger partial charge on any atom is -0.483 e. The summed E-state index contributed by atoms with van der Waals surface area (Å²) in [7, 11) is 4.75. The van der Waals surface area contributed by atoms with E-state index < -0.39 is 5.91 Å². The van der Waals surface area contributed by atoms with Crippen LogP contribution >= 0.6 is 0 Å². The Kier molecular flexibility index (Phi) is 29.7. The lowest BCUT2D eigenvalue weighted by atomic mass is 10.2. The van der Waals surface area contributed by atoms with Crippen molar-refractivity contribution in [1.82, 2.24) is 35.0 Å². The van der Waals surface area contributed by atoms with Crippen molar-refractivity contribution in [3.8, 4) is 17.2 Å². The molecular weight excluding hydrogens is 1090 g/mol. The van der Waals surface area contributed by atoms with Crippen LogP contribution in [0.5, 0.6) is 17.2 Å². The molecule has 0 aliphatic carbocycles. The first-order valence-corrected chi connectivity index (χ1v) is 28.3. The van der Waals surface area contributed by atoms with Crippen molar-refractivity contribution in [2.45, 2.75) is 79.0 Å². The number of rotatable bonds is 31. The second-order valence-corrected chi connectivity index (χ2v) is 19.1. The molecule has 3 aromatic heterocycles. The van der Waals surface area contributed by atoms with Gasteiger partial charge in [0, 0.05) is 109 Å². The maximum Gasteiger partial charge on any atom is 0.271 e. The second kappa shape index (κ2) is 37.9. The first-order chi connectivity index (χ1) is 41.4. The van der Waals surface area contributed by atoms with Gasteiger partial charge in [0.1, 0.15) is 19.8 Å². The van der Waals surface area contributed by atoms with Crippen LogP contribution in [0.15, 0.2) is 173 Å². The molecule has 0 atom stereocenters. The Labute approximate surface area is 496 Å². The molecule has 0 radical (unpaired) electrons. The van der Waals surface area contributed by atoms with Crippen LogP contribution < -0.4 is 51.8 Å². The standard InChI is InChI=1S/C26H29N3O5.C20H26N2O4.C19H24N2O4/c1-33-18-17-29-16-13-22(30)24(34-19-20-9-4-2-5-10-20)23(29)26(32)28-15-8-14-27-25(31)21-11-6-3-7-12-21;1-3-4-11-21-20(24)18-19(26-15-16-8-6-5-7-9-16)17(23)10-12-22(18)13-14-25-2;1-3-10-20-19(23)17-18(25-14-15-7-5-4-6-8-15)16(22)9-11-21(17)12-13-24-2/h2-7,9-13,16H,8,14-15,17-19H2,1H3,(H,27,31)(H,28,32);5-10,12H,3-4,11,13-15H2,1-2H3,(H,21,24);4-9,11H,3,10,12-14H2,1-2H3,(H,20,23). The normalized spacial score (nSPS) is 10.5. The third kappa shape index (κ3) is 22.2. The van der Waals surface area contributed by atoms with Crippen molar-refractivity contribution >= 4 is 23.6 Å². The summed E-state index contributed by atoms with van der Waals surface area (Å²) in [6.07, 6.45) is 7.94. The first-order valence-electron chi connectivity index (χ1n) is 28.3. The molecule has 0 saturated heterocycles. The largest absolute Gasteiger partial charge is 0.483 e. The van der Waals surface area contributed by atoms with Gasteiger partial charge >= 0.3 is 0 Å². The molecule has 85 heavy (non-hydrogen) atoms. The highest BCUT2D eigenvalue weighted by atomic mass is 16.5. The highest BCUT2D eigenvalue weighted by Crippen LogP contribution is 2.19. The van der Waals surface area contributed by atoms with Crippen molar-refractivity contribution in [1.29, 1.82) is 0 Å². The molecular formula is C65H79N7O13. The Balaban J connectivity index is 0.000000237. The van der Waals surface area contributed by atoms with Crippen LogP contribution in [0.2, 0.25) is 0 Å². The van der Waals surface area contributed by atoms with Crippen LogP contribution in [0.3, 0.4) is 0 Å². The zero-order valence-corrected chi connectivity index (χ0v) is 49.2. The van der Waals surface area contributed by atoms with Crippen LogP contribution in [0.25, 0.3) is 0 Å². The third-order valence-corrected chi connectivity index (χ3v) is 12.6. The maximum absolute atomic E-state index is 13.1. The number of methoxy groups -OCH3 is 3. The van der Waals surface area contributed by atoms with Crippen LogP contribution in [0.1, 0.15) is 98.0 Å². The predicted octanol–water partition coefficient (Wildman–Crippen LogP) is 7.44. The van der Waals surface area contributed by atoms with Crippen LogP contribution in [-0.4, -0.2) is 105 Å². The van der Waals surface area contributed by atoms with Crippen LogP contribution in [0, 0.1) is 0 Å². The lowest BCUT2D eigenvalue weighted by molar-refractivity contribution is 0.0922. The number of carbonyl (C=O) groups is 4. The monoisotopic (exact) mass is 1170 g/mol. The summed E-state index contributed by atoms with van der Waals surface area (Å²) in [5.74, 6) is -1.09. The molecule has 0 saturated carbocycles. The average molecular weight is 1170 g/mol. The summed E-state index contributed by atoms with van der Waals surface area (Å²) < 4.78 is 37.7. The van der Waals surface area contributed by atoms with E-state index in [-0.39, 0.29) is 88.2 Å². The lowest BCUT2D eigenvalue weighted by Crippen LogP contribution is -2.33. The molecule has 0 bridgehead atoms. The highest BCUT2D eigenvalue weighted by molar-refractivity contribution is 5.96. The summed E-state index contributed by atoms with van der Waals surface area (Å²) in [6.45, 7) is 8.94. The Morgan fingerprint density at radius 3 is 1.00 bits per heavy atom. The van der Waals surface area contributed by atoms with Gasteiger partial charge in [-0.2, -0.15) is 0 Å². The van der Waals surface area contributed by atoms with Gasteiger partial charge in [0.25, 0.3) is 23.6 Å². The van der Waals surface area contributed by atoms with Gasteiger partial charge in [-0.25, -0.2) is 0 Å². The summed E-state index contributed by atoms with van der Waals surface area (Å²) in [4.78, 5) is 87.7. The summed E-state index contributed by atoms with van der Waals surface area (Å²) in [5, 5.41) is 11.3. The SMILES string of the molecule is CCCCNC(=O)c1c(OCc2ccccc2)c(=O)ccn1CCOC.CCCNC(=O)c1c(OCc2ccccc2)c(=O)ccn1CCOC.COCCn1ccc(=O)c(OCc2ccccc2)c1C(=O)NCCCNC(=O)c1ccccc1. The molecule has 4 aromatic carbocycles. The zero-order valence-electron chi connectivity index (χ0n) is 49.2. The van der Waals surface area contributed by atoms with Gasteiger partial charge in [-0.15, -0.1) is 0 Å². The first kappa shape index (κ1) is 66.7. The number of hydrogen-bond donors (Lipinski definition) is 4. The molecule has 7 aromatic rings. The third-order valence-electron chi connectivity index (χ3n) is 12.6. The van der Waals surface area contributed by atoms with E-state index in [1.807, 2.05) is 104 Å². The number of amides is 4. The Morgan fingerprint density at radius 2 is 0.682 bits per heavy atom. The number of benzene rings is 4. The van der Waals surface area contributed by atoms with E-state index in [0.717, 1.165) is 36.0 Å². The van der Waals surface area contributed by atoms with E-state index in [1.165, 1.54) is 18.2 Å². The van der Waals surface area contributed by atoms with Crippen LogP contribution in [-0.2, 0) is 53.7 Å². The quantitative estimate of drug-likeness (QED) is 0.0310. The molecule has 452 valence electrons. The molecule has 0 aliphatic heterocycles. The fraction of sp³-hybridized carbons (Fsp3) is 0.338. The minimum absolute atomic E-state index is 0.00247. The number of nitrogens with one attached hydrogen (secondary N) is 4. The Hall–Kier alpha value is -9.11. The molecule has 20 nitrogen and oxygen atoms in total. The van der Waals surface area contributed by atoms with Gasteiger partial charge in [-0.1, -0.05) is 129 Å². The molecule has 7 rings (SSSR count). The van der Waals surface area contributed by atoms with Crippen molar-refractivity contribution in [3.63, 3.8) is 0 Å². The van der Waals surface area contributed by atoms with E-state index >= 15 is 0 Å². The molecule has 0 aliphatic rings. The topological polar surface area (TPSA) is 238 Å². The molecule has 20 heteroatoms. The summed E-state index contributed by atoms with van der Waals surface area (Å²) >= 11 is 0. The molecule has 0 unspecified atom stereocenters. The van der Waals surface area contributed by atoms with Gasteiger partial charge < -0.3 is 63.4 Å². The molecule has 0 spiro atoms. The number of aromatic nitrogens is 3. The zero-order chi connectivity index (χ0) is 61.0. The van der Waals surface area contributed by atoms with Crippen molar-refractivity contribution in [2.24, 2.45) is 0 Å². The smallest absolute Gasteiger partial charge is 0.271 e. The van der Waals surface area contributed by atoms with Crippen molar-refractivity contribution < 1.29 is 47.6 Å². The molecule has 0 fully saturated rings. The van der Waals surface area contributed by atoms with Gasteiger partial charge in [0.05, 0.1) is 19.8 Å². The number of carbonyl (C=O) groups excluding carboxylic acids is 4. The summed E-state index contributed by atoms with van der Waals surface area (Å²) in [6, 6.07) is 41.6. The Bertz CT molecular complexity index is 3320. The van der Waals surface area contributed by atoms with Crippen LogP contribution in [0.4, 0.5) is 0 Å². The number of pyridine rings is 3. The highest BCUT2D eigenvalue weighted by Gasteiger charge is 2.23.